The van der Waals surface area contributed by atoms with Crippen LogP contribution in [0.15, 0.2) is 24.5 Å². The minimum atomic E-state index is 0.847. The summed E-state index contributed by atoms with van der Waals surface area (Å²) in [6, 6.07) is 3.61. The molecule has 0 aliphatic rings. The van der Waals surface area contributed by atoms with Gasteiger partial charge in [0.1, 0.15) is 5.75 Å². The number of nitrogens with two attached hydrogens (primary N) is 1. The fourth-order valence-corrected chi connectivity index (χ4v) is 0.474. The SMILES string of the molecule is CN.COc1ccncc1. The van der Waals surface area contributed by atoms with Crippen LogP contribution in [0.25, 0.3) is 0 Å². The predicted octanol–water partition coefficient (Wildman–Crippen LogP) is 0.665. The topological polar surface area (TPSA) is 48.1 Å². The van der Waals surface area contributed by atoms with Crippen molar-refractivity contribution in [2.45, 2.75) is 0 Å². The van der Waals surface area contributed by atoms with E-state index in [1.807, 2.05) is 0 Å². The molecule has 0 radical (unpaired) electrons. The molecule has 1 heterocycles. The molecule has 1 rings (SSSR count). The molecule has 56 valence electrons. The highest BCUT2D eigenvalue weighted by Gasteiger charge is 1.81. The lowest BCUT2D eigenvalue weighted by Gasteiger charge is -1.93. The summed E-state index contributed by atoms with van der Waals surface area (Å²) in [6.07, 6.45) is 3.39. The van der Waals surface area contributed by atoms with E-state index in [0.717, 1.165) is 5.75 Å². The summed E-state index contributed by atoms with van der Waals surface area (Å²) in [5.74, 6) is 0.847. The van der Waals surface area contributed by atoms with Crippen molar-refractivity contribution in [3.63, 3.8) is 0 Å². The van der Waals surface area contributed by atoms with E-state index < -0.39 is 0 Å². The smallest absolute Gasteiger partial charge is 0.121 e. The fourth-order valence-electron chi connectivity index (χ4n) is 0.474. The molecule has 1 aromatic heterocycles. The van der Waals surface area contributed by atoms with Crippen LogP contribution < -0.4 is 10.5 Å². The maximum atomic E-state index is 4.87. The molecule has 0 bridgehead atoms. The van der Waals surface area contributed by atoms with E-state index in [-0.39, 0.29) is 0 Å². The van der Waals surface area contributed by atoms with Gasteiger partial charge in [0.15, 0.2) is 0 Å². The van der Waals surface area contributed by atoms with E-state index in [1.165, 1.54) is 7.05 Å². The third-order valence-corrected chi connectivity index (χ3v) is 0.885. The molecular weight excluding hydrogens is 128 g/mol. The van der Waals surface area contributed by atoms with Crippen molar-refractivity contribution in [3.8, 4) is 5.75 Å². The molecule has 0 unspecified atom stereocenters. The Kier molecular flexibility index (Phi) is 5.38. The number of rotatable bonds is 1. The normalized spacial score (nSPS) is 7.50. The van der Waals surface area contributed by atoms with Crippen molar-refractivity contribution in [2.24, 2.45) is 5.73 Å². The van der Waals surface area contributed by atoms with Gasteiger partial charge in [0.25, 0.3) is 0 Å². The van der Waals surface area contributed by atoms with Crippen LogP contribution in [-0.2, 0) is 0 Å². The Hall–Kier alpha value is -1.09. The molecule has 0 saturated heterocycles. The van der Waals surface area contributed by atoms with Crippen molar-refractivity contribution in [2.75, 3.05) is 14.2 Å². The molecule has 1 aromatic rings. The minimum Gasteiger partial charge on any atom is -0.497 e. The zero-order valence-electron chi connectivity index (χ0n) is 6.24. The Morgan fingerprint density at radius 1 is 1.30 bits per heavy atom. The summed E-state index contributed by atoms with van der Waals surface area (Å²) in [5.41, 5.74) is 4.50. The standard InChI is InChI=1S/C6H7NO.CH5N/c1-8-6-2-4-7-5-3-6;1-2/h2-5H,1H3;2H2,1H3. The molecule has 0 spiro atoms. The van der Waals surface area contributed by atoms with Crippen LogP contribution in [0.2, 0.25) is 0 Å². The van der Waals surface area contributed by atoms with Gasteiger partial charge >= 0.3 is 0 Å². The summed E-state index contributed by atoms with van der Waals surface area (Å²) in [6.45, 7) is 0. The highest BCUT2D eigenvalue weighted by Crippen LogP contribution is 2.03. The van der Waals surface area contributed by atoms with Crippen molar-refractivity contribution in [1.82, 2.24) is 4.98 Å². The second kappa shape index (κ2) is 6.04. The van der Waals surface area contributed by atoms with E-state index in [9.17, 15) is 0 Å². The number of pyridine rings is 1. The van der Waals surface area contributed by atoms with Crippen LogP contribution >= 0.6 is 0 Å². The lowest BCUT2D eigenvalue weighted by molar-refractivity contribution is 0.414. The van der Waals surface area contributed by atoms with Gasteiger partial charge < -0.3 is 10.5 Å². The predicted molar refractivity (Wildman–Crippen MR) is 40.9 cm³/mol. The first-order valence-electron chi connectivity index (χ1n) is 2.95. The number of hydrogen-bond donors (Lipinski definition) is 1. The molecule has 0 amide bonds. The fraction of sp³-hybridized carbons (Fsp3) is 0.286. The number of nitrogens with zero attached hydrogens (tertiary/aromatic N) is 1. The van der Waals surface area contributed by atoms with Gasteiger partial charge in [0.2, 0.25) is 0 Å². The molecule has 0 atom stereocenters. The van der Waals surface area contributed by atoms with Crippen LogP contribution in [0.1, 0.15) is 0 Å². The largest absolute Gasteiger partial charge is 0.497 e. The number of ether oxygens (including phenoxy) is 1. The Bertz CT molecular complexity index is 153. The van der Waals surface area contributed by atoms with Gasteiger partial charge in [-0.05, 0) is 19.2 Å². The summed E-state index contributed by atoms with van der Waals surface area (Å²) in [5, 5.41) is 0. The van der Waals surface area contributed by atoms with E-state index >= 15 is 0 Å². The monoisotopic (exact) mass is 140 g/mol. The van der Waals surface area contributed by atoms with Crippen LogP contribution in [0.4, 0.5) is 0 Å². The first kappa shape index (κ1) is 8.91. The van der Waals surface area contributed by atoms with Gasteiger partial charge in [-0.15, -0.1) is 0 Å². The molecule has 0 aliphatic carbocycles. The van der Waals surface area contributed by atoms with Crippen molar-refractivity contribution in [1.29, 1.82) is 0 Å². The minimum absolute atomic E-state index is 0.847. The number of aromatic nitrogens is 1. The van der Waals surface area contributed by atoms with E-state index in [4.69, 9.17) is 4.74 Å². The van der Waals surface area contributed by atoms with E-state index in [1.54, 1.807) is 31.6 Å². The van der Waals surface area contributed by atoms with Crippen LogP contribution in [-0.4, -0.2) is 19.1 Å². The summed E-state index contributed by atoms with van der Waals surface area (Å²) < 4.78 is 4.87. The van der Waals surface area contributed by atoms with Gasteiger partial charge in [0.05, 0.1) is 7.11 Å². The zero-order chi connectivity index (χ0) is 7.82. The Labute approximate surface area is 60.8 Å². The quantitative estimate of drug-likeness (QED) is 0.623. The maximum Gasteiger partial charge on any atom is 0.121 e. The highest BCUT2D eigenvalue weighted by molar-refractivity contribution is 5.16. The van der Waals surface area contributed by atoms with Gasteiger partial charge in [-0.2, -0.15) is 0 Å². The third kappa shape index (κ3) is 3.04. The molecule has 0 fully saturated rings. The first-order valence-corrected chi connectivity index (χ1v) is 2.95. The van der Waals surface area contributed by atoms with Crippen LogP contribution in [0.3, 0.4) is 0 Å². The first-order chi connectivity index (χ1) is 4.93. The number of hydrogen-bond acceptors (Lipinski definition) is 3. The van der Waals surface area contributed by atoms with E-state index in [0.29, 0.717) is 0 Å². The van der Waals surface area contributed by atoms with Crippen molar-refractivity contribution in [3.05, 3.63) is 24.5 Å². The van der Waals surface area contributed by atoms with Gasteiger partial charge in [-0.1, -0.05) is 0 Å². The number of methoxy groups -OCH3 is 1. The van der Waals surface area contributed by atoms with Gasteiger partial charge in [-0.3, -0.25) is 4.98 Å². The third-order valence-electron chi connectivity index (χ3n) is 0.885. The molecule has 3 heteroatoms. The Morgan fingerprint density at radius 2 is 1.80 bits per heavy atom. The van der Waals surface area contributed by atoms with Gasteiger partial charge in [-0.25, -0.2) is 0 Å². The average Bonchev–Trinajstić information content (AvgIpc) is 2.10. The van der Waals surface area contributed by atoms with Crippen molar-refractivity contribution < 1.29 is 4.74 Å². The molecular formula is C7H12N2O. The molecule has 0 aromatic carbocycles. The Morgan fingerprint density at radius 3 is 2.10 bits per heavy atom. The molecule has 10 heavy (non-hydrogen) atoms. The summed E-state index contributed by atoms with van der Waals surface area (Å²) >= 11 is 0. The molecule has 3 nitrogen and oxygen atoms in total. The summed E-state index contributed by atoms with van der Waals surface area (Å²) in [4.78, 5) is 3.81. The highest BCUT2D eigenvalue weighted by atomic mass is 16.5. The molecule has 0 saturated carbocycles. The lowest BCUT2D eigenvalue weighted by Crippen LogP contribution is -1.80. The van der Waals surface area contributed by atoms with Crippen molar-refractivity contribution >= 4 is 0 Å². The second-order valence-electron chi connectivity index (χ2n) is 1.39. The Balaban J connectivity index is 0.000000371. The average molecular weight is 140 g/mol. The molecule has 2 N–H and O–H groups in total. The summed E-state index contributed by atoms with van der Waals surface area (Å²) in [7, 11) is 3.13. The van der Waals surface area contributed by atoms with Crippen LogP contribution in [0, 0.1) is 0 Å². The lowest BCUT2D eigenvalue weighted by atomic mass is 10.5. The zero-order valence-corrected chi connectivity index (χ0v) is 6.24. The van der Waals surface area contributed by atoms with Crippen LogP contribution in [0.5, 0.6) is 5.75 Å². The second-order valence-corrected chi connectivity index (χ2v) is 1.39. The van der Waals surface area contributed by atoms with E-state index in [2.05, 4.69) is 10.7 Å². The molecule has 0 aliphatic heterocycles. The van der Waals surface area contributed by atoms with Gasteiger partial charge in [0, 0.05) is 12.4 Å². The maximum absolute atomic E-state index is 4.87.